The van der Waals surface area contributed by atoms with E-state index in [2.05, 4.69) is 0 Å². The van der Waals surface area contributed by atoms with Crippen LogP contribution in [0.3, 0.4) is 0 Å². The maximum Gasteiger partial charge on any atom is 0.339 e. The number of rotatable bonds is 5. The lowest BCUT2D eigenvalue weighted by molar-refractivity contribution is -0.127. The molecule has 0 aliphatic carbocycles. The van der Waals surface area contributed by atoms with E-state index in [9.17, 15) is 19.2 Å². The van der Waals surface area contributed by atoms with E-state index in [1.807, 2.05) is 0 Å². The van der Waals surface area contributed by atoms with E-state index in [4.69, 9.17) is 22.1 Å². The third kappa shape index (κ3) is 3.67. The number of imide groups is 1. The molecule has 0 saturated carbocycles. The molecule has 7 nitrogen and oxygen atoms in total. The van der Waals surface area contributed by atoms with Gasteiger partial charge < -0.3 is 10.5 Å². The second-order valence-corrected chi connectivity index (χ2v) is 7.16. The van der Waals surface area contributed by atoms with Crippen molar-refractivity contribution in [1.82, 2.24) is 0 Å². The van der Waals surface area contributed by atoms with Crippen molar-refractivity contribution in [3.63, 3.8) is 0 Å². The number of nitrogens with two attached hydrogens (primary N) is 1. The number of fused-ring (bicyclic) bond motifs is 1. The summed E-state index contributed by atoms with van der Waals surface area (Å²) in [5.41, 5.74) is 6.23. The highest BCUT2D eigenvalue weighted by Crippen LogP contribution is 2.33. The number of para-hydroxylation sites is 1. The van der Waals surface area contributed by atoms with Gasteiger partial charge in [0.1, 0.15) is 0 Å². The monoisotopic (exact) mass is 434 g/mol. The fourth-order valence-electron chi connectivity index (χ4n) is 3.31. The van der Waals surface area contributed by atoms with Gasteiger partial charge in [0, 0.05) is 5.56 Å². The number of carbonyl (C=O) groups excluding carboxylic acids is 4. The molecule has 1 aliphatic rings. The molecule has 3 aromatic carbocycles. The Labute approximate surface area is 182 Å². The number of anilines is 1. The second kappa shape index (κ2) is 8.04. The van der Waals surface area contributed by atoms with E-state index in [1.165, 1.54) is 18.2 Å². The molecule has 3 amide bonds. The highest BCUT2D eigenvalue weighted by molar-refractivity contribution is 6.39. The molecule has 154 valence electrons. The molecule has 0 saturated heterocycles. The number of halogens is 1. The van der Waals surface area contributed by atoms with E-state index in [-0.39, 0.29) is 27.4 Å². The molecule has 1 aliphatic heterocycles. The molecule has 1 unspecified atom stereocenters. The zero-order chi connectivity index (χ0) is 22.1. The maximum atomic E-state index is 12.9. The maximum absolute atomic E-state index is 12.9. The predicted octanol–water partition coefficient (Wildman–Crippen LogP) is 3.52. The fourth-order valence-corrected chi connectivity index (χ4v) is 3.53. The normalized spacial score (nSPS) is 13.6. The second-order valence-electron chi connectivity index (χ2n) is 6.76. The highest BCUT2D eigenvalue weighted by Gasteiger charge is 2.38. The van der Waals surface area contributed by atoms with Gasteiger partial charge in [-0.15, -0.1) is 0 Å². The van der Waals surface area contributed by atoms with Crippen LogP contribution in [0.15, 0.2) is 72.8 Å². The zero-order valence-electron chi connectivity index (χ0n) is 15.9. The Morgan fingerprint density at radius 3 is 2.19 bits per heavy atom. The summed E-state index contributed by atoms with van der Waals surface area (Å²) in [6.45, 7) is 0. The third-order valence-electron chi connectivity index (χ3n) is 4.80. The minimum atomic E-state index is -1.29. The van der Waals surface area contributed by atoms with Gasteiger partial charge in [0.05, 0.1) is 27.4 Å². The number of ether oxygens (including phenoxy) is 1. The number of nitrogens with zero attached hydrogens (tertiary/aromatic N) is 1. The molecule has 0 radical (unpaired) electrons. The molecule has 0 spiro atoms. The topological polar surface area (TPSA) is 107 Å². The van der Waals surface area contributed by atoms with Gasteiger partial charge in [-0.05, 0) is 30.3 Å². The van der Waals surface area contributed by atoms with Gasteiger partial charge in [0.25, 0.3) is 17.7 Å². The summed E-state index contributed by atoms with van der Waals surface area (Å²) in [5, 5.41) is 0.240. The summed E-state index contributed by atoms with van der Waals surface area (Å²) in [6.07, 6.45) is -1.29. The summed E-state index contributed by atoms with van der Waals surface area (Å²) in [6, 6.07) is 18.8. The van der Waals surface area contributed by atoms with Crippen LogP contribution >= 0.6 is 11.6 Å². The van der Waals surface area contributed by atoms with E-state index in [0.29, 0.717) is 5.56 Å². The van der Waals surface area contributed by atoms with Crippen molar-refractivity contribution >= 4 is 41.0 Å². The molecular weight excluding hydrogens is 420 g/mol. The average molecular weight is 435 g/mol. The van der Waals surface area contributed by atoms with Crippen molar-refractivity contribution < 1.29 is 23.9 Å². The zero-order valence-corrected chi connectivity index (χ0v) is 16.7. The van der Waals surface area contributed by atoms with Gasteiger partial charge in [0.15, 0.2) is 0 Å². The predicted molar refractivity (Wildman–Crippen MR) is 113 cm³/mol. The van der Waals surface area contributed by atoms with Crippen LogP contribution in [-0.2, 0) is 9.53 Å². The molecular formula is C23H15ClN2O5. The molecule has 0 aromatic heterocycles. The van der Waals surface area contributed by atoms with Gasteiger partial charge >= 0.3 is 5.97 Å². The van der Waals surface area contributed by atoms with Crippen LogP contribution in [0.25, 0.3) is 0 Å². The summed E-state index contributed by atoms with van der Waals surface area (Å²) in [4.78, 5) is 51.1. The third-order valence-corrected chi connectivity index (χ3v) is 5.12. The number of amides is 3. The minimum Gasteiger partial charge on any atom is -0.444 e. The van der Waals surface area contributed by atoms with Gasteiger partial charge in [0.2, 0.25) is 6.10 Å². The first kappa shape index (κ1) is 20.3. The lowest BCUT2D eigenvalue weighted by Crippen LogP contribution is -2.29. The standard InChI is InChI=1S/C23H15ClN2O5/c24-17-8-4-5-9-18(17)26-21(28)15-11-10-14(12-16(15)22(26)29)23(30)31-19(20(25)27)13-6-2-1-3-7-13/h1-12,19H,(H2,25,27). The van der Waals surface area contributed by atoms with Crippen LogP contribution in [0.5, 0.6) is 0 Å². The van der Waals surface area contributed by atoms with Gasteiger partial charge in [-0.25, -0.2) is 9.69 Å². The summed E-state index contributed by atoms with van der Waals surface area (Å²) < 4.78 is 5.29. The summed E-state index contributed by atoms with van der Waals surface area (Å²) in [7, 11) is 0. The quantitative estimate of drug-likeness (QED) is 0.488. The first-order valence-corrected chi connectivity index (χ1v) is 9.59. The average Bonchev–Trinajstić information content (AvgIpc) is 3.02. The van der Waals surface area contributed by atoms with Crippen molar-refractivity contribution in [2.24, 2.45) is 5.73 Å². The first-order chi connectivity index (χ1) is 14.9. The van der Waals surface area contributed by atoms with Crippen molar-refractivity contribution in [1.29, 1.82) is 0 Å². The van der Waals surface area contributed by atoms with E-state index < -0.39 is 29.8 Å². The number of benzene rings is 3. The van der Waals surface area contributed by atoms with Crippen LogP contribution < -0.4 is 10.6 Å². The molecule has 0 fully saturated rings. The Hall–Kier alpha value is -3.97. The van der Waals surface area contributed by atoms with Crippen LogP contribution in [0.1, 0.15) is 42.7 Å². The molecule has 4 rings (SSSR count). The number of primary amides is 1. The van der Waals surface area contributed by atoms with Crippen molar-refractivity contribution in [3.8, 4) is 0 Å². The lowest BCUT2D eigenvalue weighted by Gasteiger charge is -2.15. The summed E-state index contributed by atoms with van der Waals surface area (Å²) >= 11 is 6.14. The highest BCUT2D eigenvalue weighted by atomic mass is 35.5. The molecule has 31 heavy (non-hydrogen) atoms. The molecule has 8 heteroatoms. The Morgan fingerprint density at radius 1 is 0.871 bits per heavy atom. The SMILES string of the molecule is NC(=O)C(OC(=O)c1ccc2c(c1)C(=O)N(c1ccccc1Cl)C2=O)c1ccccc1. The van der Waals surface area contributed by atoms with E-state index in [0.717, 1.165) is 4.90 Å². The van der Waals surface area contributed by atoms with Crippen LogP contribution in [-0.4, -0.2) is 23.7 Å². The number of esters is 1. The van der Waals surface area contributed by atoms with Crippen LogP contribution in [0.2, 0.25) is 5.02 Å². The lowest BCUT2D eigenvalue weighted by atomic mass is 10.1. The number of carbonyl (C=O) groups is 4. The van der Waals surface area contributed by atoms with Crippen LogP contribution in [0.4, 0.5) is 5.69 Å². The van der Waals surface area contributed by atoms with Crippen molar-refractivity contribution in [3.05, 3.63) is 100 Å². The van der Waals surface area contributed by atoms with E-state index >= 15 is 0 Å². The van der Waals surface area contributed by atoms with Crippen molar-refractivity contribution in [2.75, 3.05) is 4.90 Å². The van der Waals surface area contributed by atoms with Gasteiger partial charge in [-0.2, -0.15) is 0 Å². The molecule has 1 atom stereocenters. The Kier molecular flexibility index (Phi) is 5.27. The number of hydrogen-bond acceptors (Lipinski definition) is 5. The largest absolute Gasteiger partial charge is 0.444 e. The van der Waals surface area contributed by atoms with Crippen molar-refractivity contribution in [2.45, 2.75) is 6.10 Å². The minimum absolute atomic E-state index is 0.00286. The Morgan fingerprint density at radius 2 is 1.52 bits per heavy atom. The Balaban J connectivity index is 1.63. The summed E-state index contributed by atoms with van der Waals surface area (Å²) in [5.74, 6) is -2.85. The molecule has 3 aromatic rings. The molecule has 1 heterocycles. The molecule has 0 bridgehead atoms. The van der Waals surface area contributed by atoms with Gasteiger partial charge in [-0.1, -0.05) is 54.1 Å². The first-order valence-electron chi connectivity index (χ1n) is 9.21. The number of hydrogen-bond donors (Lipinski definition) is 1. The van der Waals surface area contributed by atoms with E-state index in [1.54, 1.807) is 54.6 Å². The fraction of sp³-hybridized carbons (Fsp3) is 0.0435. The van der Waals surface area contributed by atoms with Gasteiger partial charge in [-0.3, -0.25) is 14.4 Å². The Bertz CT molecular complexity index is 1230. The van der Waals surface area contributed by atoms with Crippen LogP contribution in [0, 0.1) is 0 Å². The molecule has 2 N–H and O–H groups in total. The smallest absolute Gasteiger partial charge is 0.339 e.